The monoisotopic (exact) mass is 407 g/mol. The van der Waals surface area contributed by atoms with Crippen LogP contribution < -0.4 is 16.3 Å². The second-order valence-corrected chi connectivity index (χ2v) is 7.35. The Hall–Kier alpha value is -3.16. The van der Waals surface area contributed by atoms with E-state index in [9.17, 15) is 9.59 Å². The van der Waals surface area contributed by atoms with Crippen LogP contribution >= 0.6 is 0 Å². The highest BCUT2D eigenvalue weighted by atomic mass is 16.5. The van der Waals surface area contributed by atoms with Gasteiger partial charge >= 0.3 is 11.7 Å². The van der Waals surface area contributed by atoms with Gasteiger partial charge in [0.1, 0.15) is 5.58 Å². The molecule has 2 amide bonds. The molecule has 0 radical (unpaired) electrons. The lowest BCUT2D eigenvalue weighted by Crippen LogP contribution is -2.38. The van der Waals surface area contributed by atoms with E-state index in [1.807, 2.05) is 37.3 Å². The molecule has 0 saturated carbocycles. The maximum absolute atomic E-state index is 12.6. The van der Waals surface area contributed by atoms with Gasteiger partial charge in [-0.25, -0.2) is 9.59 Å². The van der Waals surface area contributed by atoms with E-state index >= 15 is 0 Å². The second kappa shape index (κ2) is 9.11. The lowest BCUT2D eigenvalue weighted by Gasteiger charge is -2.26. The molecule has 156 valence electrons. The summed E-state index contributed by atoms with van der Waals surface area (Å²) in [6, 6.07) is 14.2. The molecule has 4 rings (SSSR count). The Kier molecular flexibility index (Phi) is 6.11. The number of carbonyl (C=O) groups excluding carboxylic acids is 1. The Bertz CT molecular complexity index is 1090. The fourth-order valence-corrected chi connectivity index (χ4v) is 3.67. The van der Waals surface area contributed by atoms with Gasteiger partial charge in [-0.2, -0.15) is 0 Å². The summed E-state index contributed by atoms with van der Waals surface area (Å²) in [5, 5.41) is 6.41. The van der Waals surface area contributed by atoms with Crippen molar-refractivity contribution in [1.82, 2.24) is 4.90 Å². The molecule has 1 aliphatic heterocycles. The third kappa shape index (κ3) is 4.69. The largest absolute Gasteiger partial charge is 0.422 e. The van der Waals surface area contributed by atoms with Crippen LogP contribution in [0.5, 0.6) is 0 Å². The van der Waals surface area contributed by atoms with Crippen LogP contribution in [0.25, 0.3) is 11.0 Å². The molecule has 2 heterocycles. The number of urea groups is 1. The van der Waals surface area contributed by atoms with Crippen LogP contribution in [0.1, 0.15) is 11.1 Å². The molecule has 0 atom stereocenters. The standard InChI is InChI=1S/C23H25N3O4/c1-16-19-8-7-18(25-23(28)24-17-5-3-2-4-6-17)15-21(19)30-22(27)20(16)9-10-26-11-13-29-14-12-26/h2-8,15H,9-14H2,1H3,(H2,24,25,28). The first kappa shape index (κ1) is 20.1. The highest BCUT2D eigenvalue weighted by molar-refractivity contribution is 6.00. The Balaban J connectivity index is 1.49. The summed E-state index contributed by atoms with van der Waals surface area (Å²) < 4.78 is 11.0. The molecular weight excluding hydrogens is 382 g/mol. The number of benzene rings is 2. The van der Waals surface area contributed by atoms with Crippen LogP contribution in [0.15, 0.2) is 57.7 Å². The summed E-state index contributed by atoms with van der Waals surface area (Å²) in [5.74, 6) is 0. The van der Waals surface area contributed by atoms with E-state index in [-0.39, 0.29) is 11.7 Å². The van der Waals surface area contributed by atoms with Gasteiger partial charge in [-0.05, 0) is 43.2 Å². The van der Waals surface area contributed by atoms with Crippen LogP contribution in [-0.2, 0) is 11.2 Å². The van der Waals surface area contributed by atoms with Crippen molar-refractivity contribution in [2.45, 2.75) is 13.3 Å². The predicted molar refractivity (Wildman–Crippen MR) is 117 cm³/mol. The summed E-state index contributed by atoms with van der Waals surface area (Å²) in [7, 11) is 0. The normalized spacial score (nSPS) is 14.6. The molecule has 2 aromatic carbocycles. The zero-order valence-corrected chi connectivity index (χ0v) is 16.9. The van der Waals surface area contributed by atoms with Gasteiger partial charge in [-0.1, -0.05) is 18.2 Å². The van der Waals surface area contributed by atoms with Crippen LogP contribution in [0, 0.1) is 6.92 Å². The number of ether oxygens (including phenoxy) is 1. The van der Waals surface area contributed by atoms with Crippen molar-refractivity contribution in [1.29, 1.82) is 0 Å². The zero-order chi connectivity index (χ0) is 20.9. The van der Waals surface area contributed by atoms with E-state index in [2.05, 4.69) is 15.5 Å². The second-order valence-electron chi connectivity index (χ2n) is 7.35. The molecule has 1 aromatic heterocycles. The number of nitrogens with one attached hydrogen (secondary N) is 2. The maximum Gasteiger partial charge on any atom is 0.339 e. The number of anilines is 2. The Morgan fingerprint density at radius 3 is 2.53 bits per heavy atom. The summed E-state index contributed by atoms with van der Waals surface area (Å²) in [4.78, 5) is 27.1. The third-order valence-corrected chi connectivity index (χ3v) is 5.36. The van der Waals surface area contributed by atoms with Crippen molar-refractivity contribution in [3.8, 4) is 0 Å². The molecule has 7 nitrogen and oxygen atoms in total. The molecule has 0 spiro atoms. The highest BCUT2D eigenvalue weighted by Gasteiger charge is 2.15. The van der Waals surface area contributed by atoms with Crippen molar-refractivity contribution in [3.05, 3.63) is 70.1 Å². The summed E-state index contributed by atoms with van der Waals surface area (Å²) in [6.07, 6.45) is 0.642. The number of nitrogens with zero attached hydrogens (tertiary/aromatic N) is 1. The van der Waals surface area contributed by atoms with Gasteiger partial charge < -0.3 is 19.8 Å². The number of para-hydroxylation sites is 1. The number of rotatable bonds is 5. The molecule has 1 fully saturated rings. The molecule has 0 bridgehead atoms. The first-order valence-corrected chi connectivity index (χ1v) is 10.1. The lowest BCUT2D eigenvalue weighted by atomic mass is 10.0. The van der Waals surface area contributed by atoms with E-state index in [4.69, 9.17) is 9.15 Å². The Morgan fingerprint density at radius 1 is 1.03 bits per heavy atom. The van der Waals surface area contributed by atoms with Crippen LogP contribution in [0.2, 0.25) is 0 Å². The predicted octanol–water partition coefficient (Wildman–Crippen LogP) is 3.62. The molecule has 30 heavy (non-hydrogen) atoms. The van der Waals surface area contributed by atoms with E-state index in [0.717, 1.165) is 43.8 Å². The van der Waals surface area contributed by atoms with Gasteiger partial charge in [0, 0.05) is 48.0 Å². The van der Waals surface area contributed by atoms with Gasteiger partial charge in [0.2, 0.25) is 0 Å². The molecule has 1 saturated heterocycles. The number of aryl methyl sites for hydroxylation is 1. The summed E-state index contributed by atoms with van der Waals surface area (Å²) in [5.41, 5.74) is 3.03. The van der Waals surface area contributed by atoms with Crippen molar-refractivity contribution < 1.29 is 13.9 Å². The average Bonchev–Trinajstić information content (AvgIpc) is 2.75. The molecular formula is C23H25N3O4. The Labute approximate surface area is 174 Å². The minimum Gasteiger partial charge on any atom is -0.422 e. The smallest absolute Gasteiger partial charge is 0.339 e. The third-order valence-electron chi connectivity index (χ3n) is 5.36. The molecule has 7 heteroatoms. The minimum atomic E-state index is -0.359. The summed E-state index contributed by atoms with van der Waals surface area (Å²) in [6.45, 7) is 6.00. The molecule has 3 aromatic rings. The zero-order valence-electron chi connectivity index (χ0n) is 16.9. The van der Waals surface area contributed by atoms with Crippen LogP contribution in [-0.4, -0.2) is 43.8 Å². The number of carbonyl (C=O) groups is 1. The fourth-order valence-electron chi connectivity index (χ4n) is 3.67. The van der Waals surface area contributed by atoms with Crippen LogP contribution in [0.4, 0.5) is 16.2 Å². The van der Waals surface area contributed by atoms with Crippen molar-refractivity contribution in [2.24, 2.45) is 0 Å². The summed E-state index contributed by atoms with van der Waals surface area (Å²) >= 11 is 0. The van der Waals surface area contributed by atoms with Gasteiger partial charge in [0.05, 0.1) is 13.2 Å². The fraction of sp³-hybridized carbons (Fsp3) is 0.304. The van der Waals surface area contributed by atoms with Gasteiger partial charge in [0.15, 0.2) is 0 Å². The van der Waals surface area contributed by atoms with Gasteiger partial charge in [0.25, 0.3) is 0 Å². The maximum atomic E-state index is 12.6. The van der Waals surface area contributed by atoms with E-state index in [1.165, 1.54) is 0 Å². The number of amides is 2. The molecule has 1 aliphatic rings. The molecule has 0 aliphatic carbocycles. The number of hydrogen-bond acceptors (Lipinski definition) is 5. The number of hydrogen-bond donors (Lipinski definition) is 2. The lowest BCUT2D eigenvalue weighted by molar-refractivity contribution is 0.0383. The van der Waals surface area contributed by atoms with Crippen molar-refractivity contribution in [2.75, 3.05) is 43.5 Å². The first-order valence-electron chi connectivity index (χ1n) is 10.1. The topological polar surface area (TPSA) is 83.8 Å². The van der Waals surface area contributed by atoms with E-state index in [1.54, 1.807) is 18.2 Å². The SMILES string of the molecule is Cc1c(CCN2CCOCC2)c(=O)oc2cc(NC(=O)Nc3ccccc3)ccc12. The average molecular weight is 407 g/mol. The molecule has 2 N–H and O–H groups in total. The quantitative estimate of drug-likeness (QED) is 0.631. The van der Waals surface area contributed by atoms with Gasteiger partial charge in [-0.3, -0.25) is 4.90 Å². The highest BCUT2D eigenvalue weighted by Crippen LogP contribution is 2.23. The Morgan fingerprint density at radius 2 is 1.77 bits per heavy atom. The molecule has 0 unspecified atom stereocenters. The van der Waals surface area contributed by atoms with E-state index < -0.39 is 0 Å². The van der Waals surface area contributed by atoms with Crippen molar-refractivity contribution in [3.63, 3.8) is 0 Å². The van der Waals surface area contributed by atoms with Crippen molar-refractivity contribution >= 4 is 28.4 Å². The van der Waals surface area contributed by atoms with Crippen LogP contribution in [0.3, 0.4) is 0 Å². The van der Waals surface area contributed by atoms with Gasteiger partial charge in [-0.15, -0.1) is 0 Å². The number of fused-ring (bicyclic) bond motifs is 1. The number of morpholine rings is 1. The van der Waals surface area contributed by atoms with E-state index in [0.29, 0.717) is 28.9 Å². The first-order chi connectivity index (χ1) is 14.6. The minimum absolute atomic E-state index is 0.320.